The molecule has 1 aliphatic rings. The fraction of sp³-hybridized carbons (Fsp3) is 0.909. The van der Waals surface area contributed by atoms with Gasteiger partial charge in [0.1, 0.15) is 0 Å². The zero-order valence-corrected chi connectivity index (χ0v) is 9.65. The van der Waals surface area contributed by atoms with Gasteiger partial charge >= 0.3 is 0 Å². The molecule has 1 saturated carbocycles. The number of amides is 1. The number of carbonyl (C=O) groups excluding carboxylic acids is 1. The van der Waals surface area contributed by atoms with Crippen molar-refractivity contribution in [3.8, 4) is 0 Å². The van der Waals surface area contributed by atoms with E-state index in [1.165, 1.54) is 0 Å². The summed E-state index contributed by atoms with van der Waals surface area (Å²) in [6, 6.07) is 0.247. The summed E-state index contributed by atoms with van der Waals surface area (Å²) in [4.78, 5) is 13.5. The molecule has 0 radical (unpaired) electrons. The van der Waals surface area contributed by atoms with Crippen LogP contribution in [0.3, 0.4) is 0 Å². The molecule has 3 unspecified atom stereocenters. The van der Waals surface area contributed by atoms with Gasteiger partial charge in [-0.05, 0) is 25.2 Å². The van der Waals surface area contributed by atoms with Gasteiger partial charge in [-0.1, -0.05) is 6.92 Å². The topological polar surface area (TPSA) is 66.6 Å². The Morgan fingerprint density at radius 3 is 2.73 bits per heavy atom. The van der Waals surface area contributed by atoms with Gasteiger partial charge in [0, 0.05) is 25.6 Å². The highest BCUT2D eigenvalue weighted by molar-refractivity contribution is 5.78. The maximum Gasteiger partial charge on any atom is 0.225 e. The first-order valence-electron chi connectivity index (χ1n) is 5.67. The molecule has 3 N–H and O–H groups in total. The minimum absolute atomic E-state index is 0.0318. The van der Waals surface area contributed by atoms with Crippen LogP contribution in [0, 0.1) is 11.8 Å². The molecule has 88 valence electrons. The maximum absolute atomic E-state index is 11.9. The van der Waals surface area contributed by atoms with Crippen molar-refractivity contribution in [2.75, 3.05) is 20.2 Å². The number of likely N-dealkylation sites (N-methyl/N-ethyl adjacent to an activating group) is 1. The highest BCUT2D eigenvalue weighted by Crippen LogP contribution is 2.29. The predicted octanol–water partition coefficient (Wildman–Crippen LogP) is 0.201. The number of hydrogen-bond donors (Lipinski definition) is 2. The van der Waals surface area contributed by atoms with Gasteiger partial charge in [0.2, 0.25) is 5.91 Å². The first-order valence-corrected chi connectivity index (χ1v) is 5.67. The minimum Gasteiger partial charge on any atom is -0.395 e. The van der Waals surface area contributed by atoms with Crippen molar-refractivity contribution in [3.05, 3.63) is 0 Å². The summed E-state index contributed by atoms with van der Waals surface area (Å²) in [5, 5.41) is 8.76. The van der Waals surface area contributed by atoms with Gasteiger partial charge < -0.3 is 15.7 Å². The smallest absolute Gasteiger partial charge is 0.225 e. The van der Waals surface area contributed by atoms with E-state index in [1.54, 1.807) is 11.9 Å². The third-order valence-corrected chi connectivity index (χ3v) is 3.40. The van der Waals surface area contributed by atoms with E-state index < -0.39 is 0 Å². The fourth-order valence-electron chi connectivity index (χ4n) is 2.22. The van der Waals surface area contributed by atoms with E-state index >= 15 is 0 Å². The number of rotatable bonds is 3. The van der Waals surface area contributed by atoms with Crippen molar-refractivity contribution in [1.29, 1.82) is 0 Å². The van der Waals surface area contributed by atoms with Crippen LogP contribution in [0.2, 0.25) is 0 Å². The standard InChI is InChI=1S/C11H22N2O2/c1-8-7-9(3-4-10(8)12)11(15)13(2)5-6-14/h8-10,14H,3-7,12H2,1-2H3. The van der Waals surface area contributed by atoms with Crippen LogP contribution in [0.5, 0.6) is 0 Å². The Hall–Kier alpha value is -0.610. The summed E-state index contributed by atoms with van der Waals surface area (Å²) in [5.41, 5.74) is 5.91. The minimum atomic E-state index is 0.0318. The molecule has 3 atom stereocenters. The Labute approximate surface area is 91.4 Å². The lowest BCUT2D eigenvalue weighted by atomic mass is 9.79. The molecule has 0 spiro atoms. The van der Waals surface area contributed by atoms with Crippen molar-refractivity contribution < 1.29 is 9.90 Å². The van der Waals surface area contributed by atoms with Crippen LogP contribution in [-0.2, 0) is 4.79 Å². The van der Waals surface area contributed by atoms with E-state index in [0.29, 0.717) is 12.5 Å². The highest BCUT2D eigenvalue weighted by Gasteiger charge is 2.30. The molecule has 0 aromatic carbocycles. The molecular weight excluding hydrogens is 192 g/mol. The quantitative estimate of drug-likeness (QED) is 0.705. The van der Waals surface area contributed by atoms with Gasteiger partial charge in [-0.15, -0.1) is 0 Å². The van der Waals surface area contributed by atoms with Gasteiger partial charge in [-0.25, -0.2) is 0 Å². The Morgan fingerprint density at radius 1 is 1.53 bits per heavy atom. The lowest BCUT2D eigenvalue weighted by molar-refractivity contribution is -0.136. The molecule has 1 fully saturated rings. The number of carbonyl (C=O) groups is 1. The zero-order valence-electron chi connectivity index (χ0n) is 9.65. The van der Waals surface area contributed by atoms with E-state index in [9.17, 15) is 4.79 Å². The summed E-state index contributed by atoms with van der Waals surface area (Å²) in [5.74, 6) is 0.689. The predicted molar refractivity (Wildman–Crippen MR) is 59.2 cm³/mol. The fourth-order valence-corrected chi connectivity index (χ4v) is 2.22. The van der Waals surface area contributed by atoms with Crippen LogP contribution in [0.1, 0.15) is 26.2 Å². The van der Waals surface area contributed by atoms with Crippen molar-refractivity contribution in [2.45, 2.75) is 32.2 Å². The van der Waals surface area contributed by atoms with E-state index in [1.807, 2.05) is 0 Å². The average molecular weight is 214 g/mol. The molecule has 0 aliphatic heterocycles. The molecule has 0 aromatic heterocycles. The van der Waals surface area contributed by atoms with Crippen LogP contribution in [-0.4, -0.2) is 42.2 Å². The van der Waals surface area contributed by atoms with E-state index in [-0.39, 0.29) is 24.5 Å². The summed E-state index contributed by atoms with van der Waals surface area (Å²) in [7, 11) is 1.75. The van der Waals surface area contributed by atoms with Gasteiger partial charge in [0.05, 0.1) is 6.61 Å². The molecular formula is C11H22N2O2. The Kier molecular flexibility index (Phi) is 4.54. The van der Waals surface area contributed by atoms with Crippen molar-refractivity contribution >= 4 is 5.91 Å². The summed E-state index contributed by atoms with van der Waals surface area (Å²) in [6.07, 6.45) is 2.71. The molecule has 1 rings (SSSR count). The Bertz CT molecular complexity index is 221. The van der Waals surface area contributed by atoms with Crippen LogP contribution in [0.4, 0.5) is 0 Å². The maximum atomic E-state index is 11.9. The summed E-state index contributed by atoms with van der Waals surface area (Å²) < 4.78 is 0. The molecule has 4 heteroatoms. The summed E-state index contributed by atoms with van der Waals surface area (Å²) >= 11 is 0. The molecule has 1 amide bonds. The lowest BCUT2D eigenvalue weighted by Gasteiger charge is -2.33. The number of aliphatic hydroxyl groups is 1. The lowest BCUT2D eigenvalue weighted by Crippen LogP contribution is -2.41. The van der Waals surface area contributed by atoms with Crippen LogP contribution in [0.25, 0.3) is 0 Å². The molecule has 1 aliphatic carbocycles. The Balaban J connectivity index is 2.47. The summed E-state index contributed by atoms with van der Waals surface area (Å²) in [6.45, 7) is 2.57. The van der Waals surface area contributed by atoms with Crippen molar-refractivity contribution in [3.63, 3.8) is 0 Å². The first-order chi connectivity index (χ1) is 7.06. The van der Waals surface area contributed by atoms with E-state index in [4.69, 9.17) is 10.8 Å². The number of hydrogen-bond acceptors (Lipinski definition) is 3. The van der Waals surface area contributed by atoms with Crippen LogP contribution < -0.4 is 5.73 Å². The second-order valence-corrected chi connectivity index (χ2v) is 4.63. The van der Waals surface area contributed by atoms with Gasteiger partial charge in [-0.3, -0.25) is 4.79 Å². The monoisotopic (exact) mass is 214 g/mol. The van der Waals surface area contributed by atoms with Crippen LogP contribution in [0.15, 0.2) is 0 Å². The molecule has 0 heterocycles. The van der Waals surface area contributed by atoms with Crippen LogP contribution >= 0.6 is 0 Å². The second kappa shape index (κ2) is 5.47. The zero-order chi connectivity index (χ0) is 11.4. The average Bonchev–Trinajstić information content (AvgIpc) is 2.21. The Morgan fingerprint density at radius 2 is 2.20 bits per heavy atom. The van der Waals surface area contributed by atoms with Crippen molar-refractivity contribution in [2.24, 2.45) is 17.6 Å². The second-order valence-electron chi connectivity index (χ2n) is 4.63. The third-order valence-electron chi connectivity index (χ3n) is 3.40. The number of nitrogens with zero attached hydrogens (tertiary/aromatic N) is 1. The molecule has 4 nitrogen and oxygen atoms in total. The first kappa shape index (κ1) is 12.5. The SMILES string of the molecule is CC1CC(C(=O)N(C)CCO)CCC1N. The number of nitrogens with two attached hydrogens (primary N) is 1. The molecule has 15 heavy (non-hydrogen) atoms. The normalized spacial score (nSPS) is 31.3. The molecule has 0 aromatic rings. The van der Waals surface area contributed by atoms with E-state index in [0.717, 1.165) is 19.3 Å². The van der Waals surface area contributed by atoms with Gasteiger partial charge in [0.25, 0.3) is 0 Å². The van der Waals surface area contributed by atoms with Gasteiger partial charge in [-0.2, -0.15) is 0 Å². The van der Waals surface area contributed by atoms with E-state index in [2.05, 4.69) is 6.92 Å². The molecule has 0 bridgehead atoms. The molecule has 0 saturated heterocycles. The van der Waals surface area contributed by atoms with Crippen molar-refractivity contribution in [1.82, 2.24) is 4.90 Å². The number of aliphatic hydroxyl groups excluding tert-OH is 1. The third kappa shape index (κ3) is 3.18. The largest absolute Gasteiger partial charge is 0.395 e. The van der Waals surface area contributed by atoms with Gasteiger partial charge in [0.15, 0.2) is 0 Å². The highest BCUT2D eigenvalue weighted by atomic mass is 16.3.